The Balaban J connectivity index is 0.000000199. The second kappa shape index (κ2) is 17.0. The van der Waals surface area contributed by atoms with Crippen molar-refractivity contribution in [1.29, 1.82) is 0 Å². The number of rotatable bonds is 8. The fourth-order valence-electron chi connectivity index (χ4n) is 6.37. The summed E-state index contributed by atoms with van der Waals surface area (Å²) in [6.07, 6.45) is 6.75. The van der Waals surface area contributed by atoms with Crippen LogP contribution in [0.2, 0.25) is 10.0 Å². The van der Waals surface area contributed by atoms with E-state index in [4.69, 9.17) is 37.6 Å². The fourth-order valence-corrected chi connectivity index (χ4v) is 7.19. The molecule has 0 bridgehead atoms. The second-order valence-electron chi connectivity index (χ2n) is 13.0. The van der Waals surface area contributed by atoms with Crippen LogP contribution >= 0.6 is 23.2 Å². The summed E-state index contributed by atoms with van der Waals surface area (Å²) in [5.74, 6) is -0.424. The lowest BCUT2D eigenvalue weighted by molar-refractivity contribution is -0.0761. The van der Waals surface area contributed by atoms with Crippen LogP contribution in [-0.4, -0.2) is 104 Å². The van der Waals surface area contributed by atoms with Gasteiger partial charge in [-0.2, -0.15) is 41.8 Å². The number of nitrogens with zero attached hydrogens (tertiary/aromatic N) is 10. The highest BCUT2D eigenvalue weighted by molar-refractivity contribution is 7.87. The molecule has 7 rings (SSSR count). The lowest BCUT2D eigenvalue weighted by atomic mass is 10.1. The van der Waals surface area contributed by atoms with Crippen LogP contribution in [0.4, 0.5) is 13.2 Å². The van der Waals surface area contributed by atoms with E-state index in [1.165, 1.54) is 39.2 Å². The Morgan fingerprint density at radius 1 is 0.780 bits per heavy atom. The number of fused-ring (bicyclic) bond motifs is 6. The number of benzene rings is 1. The Bertz CT molecular complexity index is 2550. The topological polar surface area (TPSA) is 199 Å². The summed E-state index contributed by atoms with van der Waals surface area (Å²) in [4.78, 5) is 51.6. The summed E-state index contributed by atoms with van der Waals surface area (Å²) in [6.45, 7) is 0. The molecule has 59 heavy (non-hydrogen) atoms. The summed E-state index contributed by atoms with van der Waals surface area (Å²) < 4.78 is 73.2. The molecule has 0 saturated heterocycles. The van der Waals surface area contributed by atoms with Gasteiger partial charge in [-0.15, -0.1) is 0 Å². The average molecular weight is 884 g/mol. The van der Waals surface area contributed by atoms with Gasteiger partial charge in [0, 0.05) is 56.7 Å². The maximum Gasteiger partial charge on any atom is 0.534 e. The zero-order chi connectivity index (χ0) is 43.0. The zero-order valence-corrected chi connectivity index (χ0v) is 34.5. The third-order valence-electron chi connectivity index (χ3n) is 9.26. The maximum atomic E-state index is 12.7. The van der Waals surface area contributed by atoms with Crippen molar-refractivity contribution in [3.63, 3.8) is 0 Å². The second-order valence-corrected chi connectivity index (χ2v) is 15.4. The van der Waals surface area contributed by atoms with Gasteiger partial charge in [0.25, 0.3) is 11.8 Å². The molecule has 2 aliphatic carbocycles. The molecule has 2 aliphatic rings. The Morgan fingerprint density at radius 3 is 1.71 bits per heavy atom. The quantitative estimate of drug-likeness (QED) is 0.110. The molecule has 0 spiro atoms. The number of aryl methyl sites for hydroxylation is 4. The van der Waals surface area contributed by atoms with Gasteiger partial charge >= 0.3 is 27.6 Å². The largest absolute Gasteiger partial charge is 0.534 e. The van der Waals surface area contributed by atoms with Gasteiger partial charge in [-0.25, -0.2) is 20.1 Å². The number of hydrogen-bond donors (Lipinski definition) is 0. The molecule has 2 amide bonds. The van der Waals surface area contributed by atoms with Crippen LogP contribution in [0.15, 0.2) is 30.6 Å². The number of amides is 2. The lowest BCUT2D eigenvalue weighted by Crippen LogP contribution is -2.28. The molecule has 4 aromatic heterocycles. The number of alkyl halides is 3. The average Bonchev–Trinajstić information content (AvgIpc) is 3.52. The molecular formula is C35H35Cl2F3N10O8S. The molecule has 0 radical (unpaired) electrons. The van der Waals surface area contributed by atoms with Gasteiger partial charge in [0.15, 0.2) is 11.4 Å². The first-order valence-corrected chi connectivity index (χ1v) is 19.6. The number of carbonyl (C=O) groups excluding carboxylic acids is 2. The molecule has 24 heteroatoms. The van der Waals surface area contributed by atoms with Gasteiger partial charge < -0.3 is 8.92 Å². The van der Waals surface area contributed by atoms with E-state index in [2.05, 4.69) is 34.3 Å². The standard InChI is InChI=1S/C20H19Cl2N5O3.C15H16F3N5O5S/c1-26-18-13(17(25-26)19(28)27(2)29-3)6-4-5-11-10-23-20(24-16(11)18)30-15-8-7-12(21)9-14(15)22;1-22-12-9(11(21-22)13(24)23(2)27-3)6-4-5-8-7-19-14(20-10(8)12)28-29(25,26)15(16,17)18/h7-10H,4-6H2,1-3H3;7H,4-6H2,1-3H3. The van der Waals surface area contributed by atoms with Gasteiger partial charge in [-0.3, -0.25) is 28.6 Å². The minimum atomic E-state index is -5.92. The van der Waals surface area contributed by atoms with E-state index in [0.29, 0.717) is 69.7 Å². The Labute approximate surface area is 344 Å². The highest BCUT2D eigenvalue weighted by atomic mass is 35.5. The van der Waals surface area contributed by atoms with Gasteiger partial charge in [0.1, 0.15) is 5.75 Å². The van der Waals surface area contributed by atoms with E-state index in [9.17, 15) is 31.2 Å². The minimum absolute atomic E-state index is 0.101. The molecule has 0 unspecified atom stereocenters. The molecule has 0 N–H and O–H groups in total. The predicted octanol–water partition coefficient (Wildman–Crippen LogP) is 5.33. The summed E-state index contributed by atoms with van der Waals surface area (Å²) in [5, 5.41) is 11.6. The van der Waals surface area contributed by atoms with Gasteiger partial charge in [0.05, 0.1) is 42.0 Å². The molecule has 4 heterocycles. The van der Waals surface area contributed by atoms with E-state index in [0.717, 1.165) is 39.8 Å². The third kappa shape index (κ3) is 8.81. The third-order valence-corrected chi connectivity index (χ3v) is 10.7. The summed E-state index contributed by atoms with van der Waals surface area (Å²) in [5.41, 5.74) is -0.330. The van der Waals surface area contributed by atoms with Crippen LogP contribution in [0.3, 0.4) is 0 Å². The number of hydroxylamine groups is 4. The number of halogens is 5. The van der Waals surface area contributed by atoms with Crippen molar-refractivity contribution in [2.24, 2.45) is 14.1 Å². The normalized spacial score (nSPS) is 13.3. The van der Waals surface area contributed by atoms with Crippen molar-refractivity contribution in [3.05, 3.63) is 74.3 Å². The fraction of sp³-hybridized carbons (Fsp3) is 0.371. The summed E-state index contributed by atoms with van der Waals surface area (Å²) in [6, 6.07) is 4.10. The van der Waals surface area contributed by atoms with Crippen molar-refractivity contribution in [1.82, 2.24) is 49.6 Å². The summed E-state index contributed by atoms with van der Waals surface area (Å²) in [7, 11) is 3.11. The molecule has 5 aromatic rings. The van der Waals surface area contributed by atoms with Crippen LogP contribution in [0.5, 0.6) is 17.8 Å². The number of carbonyl (C=O) groups is 2. The molecule has 0 saturated carbocycles. The van der Waals surface area contributed by atoms with Crippen molar-refractivity contribution in [2.45, 2.75) is 44.0 Å². The first-order valence-electron chi connectivity index (χ1n) is 17.5. The van der Waals surface area contributed by atoms with Crippen molar-refractivity contribution in [3.8, 4) is 40.5 Å². The molecule has 314 valence electrons. The van der Waals surface area contributed by atoms with Crippen LogP contribution < -0.4 is 8.92 Å². The highest BCUT2D eigenvalue weighted by Gasteiger charge is 2.49. The molecule has 0 atom stereocenters. The lowest BCUT2D eigenvalue weighted by Gasteiger charge is -2.12. The van der Waals surface area contributed by atoms with Crippen LogP contribution in [-0.2, 0) is 59.6 Å². The van der Waals surface area contributed by atoms with Crippen LogP contribution in [0.25, 0.3) is 22.8 Å². The number of aromatic nitrogens is 8. The van der Waals surface area contributed by atoms with Crippen molar-refractivity contribution in [2.75, 3.05) is 28.3 Å². The van der Waals surface area contributed by atoms with Gasteiger partial charge in [-0.05, 0) is 67.9 Å². The maximum absolute atomic E-state index is 12.7. The minimum Gasteiger partial charge on any atom is -0.423 e. The van der Waals surface area contributed by atoms with E-state index >= 15 is 0 Å². The predicted molar refractivity (Wildman–Crippen MR) is 203 cm³/mol. The van der Waals surface area contributed by atoms with Crippen LogP contribution in [0.1, 0.15) is 56.1 Å². The Morgan fingerprint density at radius 2 is 1.25 bits per heavy atom. The zero-order valence-electron chi connectivity index (χ0n) is 32.2. The SMILES string of the molecule is CON(C)C(=O)c1nn(C)c2c1CCCc1cnc(OS(=O)(=O)C(F)(F)F)nc1-2.CON(C)C(=O)c1nn(C)c2c1CCCc1cnc(Oc3ccc(Cl)cc3Cl)nc1-2. The van der Waals surface area contributed by atoms with Gasteiger partial charge in [-0.1, -0.05) is 23.2 Å². The Hall–Kier alpha value is -5.42. The van der Waals surface area contributed by atoms with E-state index < -0.39 is 27.5 Å². The first kappa shape index (κ1) is 43.2. The monoisotopic (exact) mass is 882 g/mol. The number of hydrogen-bond acceptors (Lipinski definition) is 14. The Kier molecular flexibility index (Phi) is 12.5. The van der Waals surface area contributed by atoms with Gasteiger partial charge in [0.2, 0.25) is 0 Å². The smallest absolute Gasteiger partial charge is 0.423 e. The summed E-state index contributed by atoms with van der Waals surface area (Å²) >= 11 is 12.1. The molecule has 0 aliphatic heterocycles. The molecule has 1 aromatic carbocycles. The highest BCUT2D eigenvalue weighted by Crippen LogP contribution is 2.37. The van der Waals surface area contributed by atoms with Crippen LogP contribution in [0, 0.1) is 0 Å². The first-order chi connectivity index (χ1) is 27.8. The van der Waals surface area contributed by atoms with E-state index in [1.807, 2.05) is 0 Å². The van der Waals surface area contributed by atoms with E-state index in [1.54, 1.807) is 43.2 Å². The van der Waals surface area contributed by atoms with Crippen molar-refractivity contribution >= 4 is 45.1 Å². The molecule has 18 nitrogen and oxygen atoms in total. The molecule has 0 fully saturated rings. The van der Waals surface area contributed by atoms with Crippen molar-refractivity contribution < 1.29 is 49.8 Å². The van der Waals surface area contributed by atoms with E-state index in [-0.39, 0.29) is 23.3 Å². The number of ether oxygens (including phenoxy) is 1. The molecular weight excluding hydrogens is 848 g/mol.